The average molecular weight is 229 g/mol. The van der Waals surface area contributed by atoms with Crippen LogP contribution in [0.2, 0.25) is 0 Å². The predicted molar refractivity (Wildman–Crippen MR) is 62.5 cm³/mol. The zero-order valence-electron chi connectivity index (χ0n) is 9.82. The van der Waals surface area contributed by atoms with E-state index >= 15 is 0 Å². The summed E-state index contributed by atoms with van der Waals surface area (Å²) in [4.78, 5) is 13.2. The number of carbonyl (C=O) groups is 1. The number of hydrazine groups is 1. The van der Waals surface area contributed by atoms with Gasteiger partial charge in [-0.1, -0.05) is 6.42 Å². The van der Waals surface area contributed by atoms with Crippen LogP contribution < -0.4 is 11.3 Å². The average Bonchev–Trinajstić information content (AvgIpc) is 2.21. The zero-order chi connectivity index (χ0) is 11.8. The van der Waals surface area contributed by atoms with Crippen LogP contribution in [0.1, 0.15) is 38.5 Å². The Kier molecular flexibility index (Phi) is 6.37. The van der Waals surface area contributed by atoms with Crippen molar-refractivity contribution in [3.8, 4) is 0 Å². The Morgan fingerprint density at radius 2 is 2.12 bits per heavy atom. The van der Waals surface area contributed by atoms with Crippen molar-refractivity contribution in [1.29, 1.82) is 0 Å². The van der Waals surface area contributed by atoms with E-state index in [1.807, 2.05) is 0 Å². The molecule has 1 saturated carbocycles. The highest BCUT2D eigenvalue weighted by Crippen LogP contribution is 2.24. The van der Waals surface area contributed by atoms with Gasteiger partial charge in [-0.2, -0.15) is 0 Å². The second-order valence-electron chi connectivity index (χ2n) is 4.37. The number of unbranched alkanes of at least 4 members (excludes halogenated alkanes) is 1. The van der Waals surface area contributed by atoms with Gasteiger partial charge in [0.05, 0.1) is 6.61 Å². The van der Waals surface area contributed by atoms with E-state index in [9.17, 15) is 4.79 Å². The van der Waals surface area contributed by atoms with Crippen LogP contribution in [-0.2, 0) is 4.79 Å². The molecule has 1 fully saturated rings. The minimum atomic E-state index is -0.0997. The van der Waals surface area contributed by atoms with Gasteiger partial charge in [-0.3, -0.25) is 15.1 Å². The first-order valence-electron chi connectivity index (χ1n) is 6.12. The Hall–Kier alpha value is -0.650. The molecule has 0 radical (unpaired) electrons. The van der Waals surface area contributed by atoms with Gasteiger partial charge in [-0.15, -0.1) is 0 Å². The molecule has 94 valence electrons. The Balaban J connectivity index is 2.09. The van der Waals surface area contributed by atoms with E-state index in [0.29, 0.717) is 12.5 Å². The van der Waals surface area contributed by atoms with Gasteiger partial charge < -0.3 is 5.11 Å². The fourth-order valence-corrected chi connectivity index (χ4v) is 2.03. The highest BCUT2D eigenvalue weighted by atomic mass is 16.3. The quantitative estimate of drug-likeness (QED) is 0.237. The Morgan fingerprint density at radius 1 is 1.38 bits per heavy atom. The minimum Gasteiger partial charge on any atom is -0.395 e. The maximum atomic E-state index is 10.9. The standard InChI is InChI=1S/C11H23N3O2/c12-13-11(16)6-1-2-7-14(8-9-15)10-4-3-5-10/h10,15H,1-9,12H2,(H,13,16). The van der Waals surface area contributed by atoms with Crippen molar-refractivity contribution in [1.82, 2.24) is 10.3 Å². The fraction of sp³-hybridized carbons (Fsp3) is 0.909. The Bertz CT molecular complexity index is 207. The van der Waals surface area contributed by atoms with Crippen molar-refractivity contribution < 1.29 is 9.90 Å². The summed E-state index contributed by atoms with van der Waals surface area (Å²) in [6.45, 7) is 1.95. The molecule has 1 aliphatic carbocycles. The maximum absolute atomic E-state index is 10.9. The van der Waals surface area contributed by atoms with Crippen LogP contribution in [0.4, 0.5) is 0 Å². The first-order valence-corrected chi connectivity index (χ1v) is 6.12. The van der Waals surface area contributed by atoms with Crippen LogP contribution in [0.25, 0.3) is 0 Å². The van der Waals surface area contributed by atoms with E-state index in [2.05, 4.69) is 10.3 Å². The predicted octanol–water partition coefficient (Wildman–Crippen LogP) is -0.00660. The van der Waals surface area contributed by atoms with Crippen LogP contribution in [0.3, 0.4) is 0 Å². The molecule has 0 heterocycles. The lowest BCUT2D eigenvalue weighted by Crippen LogP contribution is -2.42. The summed E-state index contributed by atoms with van der Waals surface area (Å²) in [5.41, 5.74) is 2.13. The highest BCUT2D eigenvalue weighted by molar-refractivity contribution is 5.75. The number of aliphatic hydroxyl groups excluding tert-OH is 1. The normalized spacial score (nSPS) is 16.2. The van der Waals surface area contributed by atoms with Gasteiger partial charge in [0, 0.05) is 19.0 Å². The van der Waals surface area contributed by atoms with Gasteiger partial charge in [0.2, 0.25) is 5.91 Å². The number of rotatable bonds is 8. The molecule has 5 nitrogen and oxygen atoms in total. The van der Waals surface area contributed by atoms with Gasteiger partial charge in [0.1, 0.15) is 0 Å². The molecule has 0 aromatic carbocycles. The largest absolute Gasteiger partial charge is 0.395 e. The summed E-state index contributed by atoms with van der Waals surface area (Å²) in [6.07, 6.45) is 6.16. The lowest BCUT2D eigenvalue weighted by Gasteiger charge is -2.37. The first kappa shape index (κ1) is 13.4. The Morgan fingerprint density at radius 3 is 2.62 bits per heavy atom. The third-order valence-corrected chi connectivity index (χ3v) is 3.24. The van der Waals surface area contributed by atoms with Crippen molar-refractivity contribution in [3.05, 3.63) is 0 Å². The van der Waals surface area contributed by atoms with Gasteiger partial charge in [-0.25, -0.2) is 5.84 Å². The zero-order valence-corrected chi connectivity index (χ0v) is 9.82. The number of amides is 1. The van der Waals surface area contributed by atoms with Gasteiger partial charge in [0.25, 0.3) is 0 Å². The monoisotopic (exact) mass is 229 g/mol. The smallest absolute Gasteiger partial charge is 0.233 e. The maximum Gasteiger partial charge on any atom is 0.233 e. The minimum absolute atomic E-state index is 0.0997. The molecule has 0 aromatic rings. The van der Waals surface area contributed by atoms with E-state index in [1.165, 1.54) is 19.3 Å². The topological polar surface area (TPSA) is 78.6 Å². The molecule has 0 atom stereocenters. The van der Waals surface area contributed by atoms with E-state index < -0.39 is 0 Å². The van der Waals surface area contributed by atoms with Gasteiger partial charge in [0.15, 0.2) is 0 Å². The number of carbonyl (C=O) groups excluding carboxylic acids is 1. The number of nitrogens with zero attached hydrogens (tertiary/aromatic N) is 1. The number of hydrogen-bond acceptors (Lipinski definition) is 4. The van der Waals surface area contributed by atoms with Crippen LogP contribution >= 0.6 is 0 Å². The molecule has 0 bridgehead atoms. The lowest BCUT2D eigenvalue weighted by atomic mass is 9.91. The summed E-state index contributed by atoms with van der Waals surface area (Å²) in [5, 5.41) is 8.97. The molecule has 1 amide bonds. The van der Waals surface area contributed by atoms with E-state index in [4.69, 9.17) is 10.9 Å². The van der Waals surface area contributed by atoms with Crippen molar-refractivity contribution in [2.24, 2.45) is 5.84 Å². The van der Waals surface area contributed by atoms with Crippen molar-refractivity contribution >= 4 is 5.91 Å². The Labute approximate surface area is 97.0 Å². The van der Waals surface area contributed by atoms with Crippen molar-refractivity contribution in [2.45, 2.75) is 44.6 Å². The summed E-state index contributed by atoms with van der Waals surface area (Å²) >= 11 is 0. The molecule has 0 aromatic heterocycles. The third kappa shape index (κ3) is 4.47. The van der Waals surface area contributed by atoms with Crippen molar-refractivity contribution in [3.63, 3.8) is 0 Å². The van der Waals surface area contributed by atoms with E-state index in [0.717, 1.165) is 25.9 Å². The number of aliphatic hydroxyl groups is 1. The van der Waals surface area contributed by atoms with Crippen LogP contribution in [-0.4, -0.2) is 41.7 Å². The van der Waals surface area contributed by atoms with E-state index in [-0.39, 0.29) is 12.5 Å². The third-order valence-electron chi connectivity index (χ3n) is 3.24. The number of hydrogen-bond donors (Lipinski definition) is 3. The first-order chi connectivity index (χ1) is 7.77. The van der Waals surface area contributed by atoms with Crippen LogP contribution in [0.15, 0.2) is 0 Å². The number of nitrogens with two attached hydrogens (primary N) is 1. The van der Waals surface area contributed by atoms with E-state index in [1.54, 1.807) is 0 Å². The van der Waals surface area contributed by atoms with Crippen LogP contribution in [0.5, 0.6) is 0 Å². The molecule has 5 heteroatoms. The van der Waals surface area contributed by atoms with Crippen molar-refractivity contribution in [2.75, 3.05) is 19.7 Å². The molecule has 16 heavy (non-hydrogen) atoms. The van der Waals surface area contributed by atoms with Crippen LogP contribution in [0, 0.1) is 0 Å². The molecule has 0 aliphatic heterocycles. The highest BCUT2D eigenvalue weighted by Gasteiger charge is 2.23. The summed E-state index contributed by atoms with van der Waals surface area (Å²) < 4.78 is 0. The van der Waals surface area contributed by atoms with Gasteiger partial charge >= 0.3 is 0 Å². The summed E-state index contributed by atoms with van der Waals surface area (Å²) in [5.74, 6) is 4.90. The molecular weight excluding hydrogens is 206 g/mol. The van der Waals surface area contributed by atoms with Gasteiger partial charge in [-0.05, 0) is 32.2 Å². The molecule has 0 saturated heterocycles. The molecule has 0 spiro atoms. The molecule has 1 aliphatic rings. The number of nitrogens with one attached hydrogen (secondary N) is 1. The molecule has 4 N–H and O–H groups in total. The summed E-state index contributed by atoms with van der Waals surface area (Å²) in [6, 6.07) is 0.662. The molecular formula is C11H23N3O2. The second kappa shape index (κ2) is 7.60. The second-order valence-corrected chi connectivity index (χ2v) is 4.37. The lowest BCUT2D eigenvalue weighted by molar-refractivity contribution is -0.121. The molecule has 0 unspecified atom stereocenters. The summed E-state index contributed by atoms with van der Waals surface area (Å²) in [7, 11) is 0. The fourth-order valence-electron chi connectivity index (χ4n) is 2.03. The SMILES string of the molecule is NNC(=O)CCCCN(CCO)C1CCC1. The molecule has 1 rings (SSSR count).